The second-order valence-corrected chi connectivity index (χ2v) is 13.1. The number of carbonyl (C=O) groups is 1. The number of fused-ring (bicyclic) bond motifs is 1. The number of nitrogens with zero attached hydrogens (tertiary/aromatic N) is 1. The number of amides is 1. The Labute approximate surface area is 236 Å². The van der Waals surface area contributed by atoms with Gasteiger partial charge >= 0.3 is 6.09 Å². The number of hydrogen-bond acceptors (Lipinski definition) is 8. The quantitative estimate of drug-likeness (QED) is 0.301. The third-order valence-corrected chi connectivity index (χ3v) is 9.37. The van der Waals surface area contributed by atoms with E-state index < -0.39 is 40.5 Å². The lowest BCUT2D eigenvalue weighted by atomic mass is 10.0. The Morgan fingerprint density at radius 3 is 2.40 bits per heavy atom. The number of aliphatic hydroxyl groups is 3. The summed E-state index contributed by atoms with van der Waals surface area (Å²) in [5.41, 5.74) is 1.45. The van der Waals surface area contributed by atoms with Gasteiger partial charge in [0.05, 0.1) is 42.5 Å². The molecule has 0 spiro atoms. The fourth-order valence-corrected chi connectivity index (χ4v) is 7.06. The van der Waals surface area contributed by atoms with Gasteiger partial charge in [-0.05, 0) is 42.0 Å². The van der Waals surface area contributed by atoms with Crippen LogP contribution in [0.1, 0.15) is 37.8 Å². The van der Waals surface area contributed by atoms with E-state index in [1.165, 1.54) is 16.4 Å². The van der Waals surface area contributed by atoms with Crippen molar-refractivity contribution < 1.29 is 38.0 Å². The molecule has 1 amide bonds. The fourth-order valence-electron chi connectivity index (χ4n) is 5.44. The first-order valence-electron chi connectivity index (χ1n) is 13.8. The van der Waals surface area contributed by atoms with E-state index in [1.807, 2.05) is 44.2 Å². The zero-order valence-electron chi connectivity index (χ0n) is 22.9. The molecule has 0 radical (unpaired) electrons. The molecule has 0 unspecified atom stereocenters. The van der Waals surface area contributed by atoms with Crippen LogP contribution in [0.5, 0.6) is 0 Å². The summed E-state index contributed by atoms with van der Waals surface area (Å²) >= 11 is 0. The van der Waals surface area contributed by atoms with Crippen LogP contribution in [0.3, 0.4) is 0 Å². The average Bonchev–Trinajstić information content (AvgIpc) is 3.48. The minimum absolute atomic E-state index is 0.0245. The van der Waals surface area contributed by atoms with Crippen LogP contribution in [0.25, 0.3) is 0 Å². The standard InChI is InChI=1S/C29H40N2O8S/c1-19(2)15-31(40(36,37)23-10-8-21(17-32)9-11-23)16-26(33)25(12-20-6-4-3-5-7-20)30-29(35)39-22-13-24-27(34)18-38-28(24)14-22/h3-11,19,22,24-28,32-34H,12-18H2,1-2H3,(H,30,35)/t22-,24-,25+,26-,27-,28-/m1/s1. The first-order valence-corrected chi connectivity index (χ1v) is 15.2. The molecular formula is C29H40N2O8S. The molecule has 220 valence electrons. The largest absolute Gasteiger partial charge is 0.446 e. The highest BCUT2D eigenvalue weighted by Crippen LogP contribution is 2.37. The Kier molecular flexibility index (Phi) is 10.2. The van der Waals surface area contributed by atoms with Gasteiger partial charge < -0.3 is 30.1 Å². The van der Waals surface area contributed by atoms with Gasteiger partial charge in [-0.25, -0.2) is 13.2 Å². The number of benzene rings is 2. The Balaban J connectivity index is 1.49. The number of nitrogens with one attached hydrogen (secondary N) is 1. The van der Waals surface area contributed by atoms with Crippen molar-refractivity contribution in [1.29, 1.82) is 0 Å². The first kappa shape index (κ1) is 30.4. The molecule has 2 aliphatic rings. The summed E-state index contributed by atoms with van der Waals surface area (Å²) in [6.07, 6.45) is -1.82. The van der Waals surface area contributed by atoms with Crippen molar-refractivity contribution in [1.82, 2.24) is 9.62 Å². The minimum atomic E-state index is -3.97. The van der Waals surface area contributed by atoms with Crippen LogP contribution in [-0.2, 0) is 32.5 Å². The molecular weight excluding hydrogens is 536 g/mol. The third kappa shape index (κ3) is 7.59. The molecule has 0 aromatic heterocycles. The Morgan fingerprint density at radius 2 is 1.77 bits per heavy atom. The average molecular weight is 577 g/mol. The molecule has 10 nitrogen and oxygen atoms in total. The van der Waals surface area contributed by atoms with Crippen LogP contribution in [0, 0.1) is 11.8 Å². The molecule has 1 saturated carbocycles. The zero-order valence-corrected chi connectivity index (χ0v) is 23.7. The van der Waals surface area contributed by atoms with Crippen LogP contribution in [0.2, 0.25) is 0 Å². The van der Waals surface area contributed by atoms with Gasteiger partial charge in [0.1, 0.15) is 6.10 Å². The molecule has 4 N–H and O–H groups in total. The van der Waals surface area contributed by atoms with E-state index in [0.717, 1.165) is 5.56 Å². The van der Waals surface area contributed by atoms with E-state index in [2.05, 4.69) is 5.32 Å². The summed E-state index contributed by atoms with van der Waals surface area (Å²) in [4.78, 5) is 13.0. The maximum Gasteiger partial charge on any atom is 0.407 e. The first-order chi connectivity index (χ1) is 19.1. The van der Waals surface area contributed by atoms with Gasteiger partial charge in [-0.3, -0.25) is 0 Å². The summed E-state index contributed by atoms with van der Waals surface area (Å²) in [6, 6.07) is 14.5. The smallest absolute Gasteiger partial charge is 0.407 e. The lowest BCUT2D eigenvalue weighted by Crippen LogP contribution is -2.51. The summed E-state index contributed by atoms with van der Waals surface area (Å²) in [5, 5.41) is 33.5. The van der Waals surface area contributed by atoms with E-state index in [1.54, 1.807) is 12.1 Å². The molecule has 1 aliphatic heterocycles. The van der Waals surface area contributed by atoms with Crippen molar-refractivity contribution in [2.24, 2.45) is 11.8 Å². The summed E-state index contributed by atoms with van der Waals surface area (Å²) < 4.78 is 39.6. The molecule has 2 aromatic rings. The monoisotopic (exact) mass is 576 g/mol. The molecule has 6 atom stereocenters. The highest BCUT2D eigenvalue weighted by Gasteiger charge is 2.45. The van der Waals surface area contributed by atoms with Crippen LogP contribution < -0.4 is 5.32 Å². The second-order valence-electron chi connectivity index (χ2n) is 11.1. The van der Waals surface area contributed by atoms with Crippen molar-refractivity contribution in [2.45, 2.75) is 75.1 Å². The van der Waals surface area contributed by atoms with Crippen molar-refractivity contribution in [3.63, 3.8) is 0 Å². The highest BCUT2D eigenvalue weighted by molar-refractivity contribution is 7.89. The van der Waals surface area contributed by atoms with Crippen LogP contribution in [0.4, 0.5) is 4.79 Å². The molecule has 11 heteroatoms. The van der Waals surface area contributed by atoms with Gasteiger partial charge in [0.2, 0.25) is 10.0 Å². The Morgan fingerprint density at radius 1 is 1.07 bits per heavy atom. The van der Waals surface area contributed by atoms with Gasteiger partial charge in [-0.2, -0.15) is 4.31 Å². The molecule has 40 heavy (non-hydrogen) atoms. The number of rotatable bonds is 12. The highest BCUT2D eigenvalue weighted by atomic mass is 32.2. The number of hydrogen-bond donors (Lipinski definition) is 4. The van der Waals surface area contributed by atoms with Gasteiger partial charge in [-0.15, -0.1) is 0 Å². The van der Waals surface area contributed by atoms with Crippen LogP contribution in [-0.4, -0.2) is 84.3 Å². The van der Waals surface area contributed by atoms with Crippen molar-refractivity contribution in [2.75, 3.05) is 19.7 Å². The van der Waals surface area contributed by atoms with Crippen molar-refractivity contribution >= 4 is 16.1 Å². The molecule has 1 heterocycles. The lowest BCUT2D eigenvalue weighted by Gasteiger charge is -2.31. The second kappa shape index (κ2) is 13.4. The maximum atomic E-state index is 13.6. The predicted octanol–water partition coefficient (Wildman–Crippen LogP) is 2.06. The summed E-state index contributed by atoms with van der Waals surface area (Å²) in [6.45, 7) is 3.79. The van der Waals surface area contributed by atoms with E-state index in [9.17, 15) is 28.5 Å². The van der Waals surface area contributed by atoms with E-state index in [-0.39, 0.29) is 49.0 Å². The zero-order chi connectivity index (χ0) is 28.9. The molecule has 4 rings (SSSR count). The summed E-state index contributed by atoms with van der Waals surface area (Å²) in [7, 11) is -3.97. The number of sulfonamides is 1. The van der Waals surface area contributed by atoms with E-state index in [4.69, 9.17) is 9.47 Å². The normalized spacial score (nSPS) is 24.2. The van der Waals surface area contributed by atoms with Gasteiger partial charge in [0.15, 0.2) is 0 Å². The van der Waals surface area contributed by atoms with E-state index in [0.29, 0.717) is 25.0 Å². The molecule has 1 saturated heterocycles. The third-order valence-electron chi connectivity index (χ3n) is 7.53. The predicted molar refractivity (Wildman–Crippen MR) is 148 cm³/mol. The van der Waals surface area contributed by atoms with Crippen LogP contribution in [0.15, 0.2) is 59.5 Å². The van der Waals surface area contributed by atoms with Crippen LogP contribution >= 0.6 is 0 Å². The number of alkyl carbamates (subject to hydrolysis) is 1. The topological polar surface area (TPSA) is 146 Å². The minimum Gasteiger partial charge on any atom is -0.446 e. The maximum absolute atomic E-state index is 13.6. The Hall–Kier alpha value is -2.54. The number of aliphatic hydroxyl groups excluding tert-OH is 3. The summed E-state index contributed by atoms with van der Waals surface area (Å²) in [5.74, 6) is -0.0895. The number of carbonyl (C=O) groups excluding carboxylic acids is 1. The van der Waals surface area contributed by atoms with Gasteiger partial charge in [0, 0.05) is 25.4 Å². The number of ether oxygens (including phenoxy) is 2. The van der Waals surface area contributed by atoms with E-state index >= 15 is 0 Å². The van der Waals surface area contributed by atoms with Crippen molar-refractivity contribution in [3.05, 3.63) is 65.7 Å². The van der Waals surface area contributed by atoms with Gasteiger partial charge in [-0.1, -0.05) is 56.3 Å². The van der Waals surface area contributed by atoms with Crippen molar-refractivity contribution in [3.8, 4) is 0 Å². The lowest BCUT2D eigenvalue weighted by molar-refractivity contribution is 0.0426. The molecule has 0 bridgehead atoms. The fraction of sp³-hybridized carbons (Fsp3) is 0.552. The molecule has 1 aliphatic carbocycles. The van der Waals surface area contributed by atoms with Gasteiger partial charge in [0.25, 0.3) is 0 Å². The Bertz CT molecular complexity index is 1210. The SMILES string of the molecule is CC(C)CN(C[C@@H](O)[C@H](Cc1ccccc1)NC(=O)O[C@@H]1C[C@@H]2[C@H](O)CO[C@@H]2C1)S(=O)(=O)c1ccc(CO)cc1. The molecule has 2 fully saturated rings. The molecule has 2 aromatic carbocycles.